The number of hydrogen-bond donors (Lipinski definition) is 0. The lowest BCUT2D eigenvalue weighted by molar-refractivity contribution is -0.144. The van der Waals surface area contributed by atoms with Crippen molar-refractivity contribution in [2.24, 2.45) is 0 Å². The van der Waals surface area contributed by atoms with E-state index in [2.05, 4.69) is 4.90 Å². The number of halogens is 1. The molecular weight excluding hydrogens is 489 g/mol. The van der Waals surface area contributed by atoms with Gasteiger partial charge in [0, 0.05) is 32.7 Å². The molecule has 0 saturated carbocycles. The largest absolute Gasteiger partial charge is 0.467 e. The molecule has 1 aliphatic heterocycles. The molecule has 2 heterocycles. The molecule has 2 aromatic carbocycles. The molecule has 3 aromatic rings. The third-order valence-electron chi connectivity index (χ3n) is 6.37. The Morgan fingerprint density at radius 2 is 1.63 bits per heavy atom. The lowest BCUT2D eigenvalue weighted by atomic mass is 10.2. The van der Waals surface area contributed by atoms with E-state index < -0.39 is 0 Å². The minimum atomic E-state index is -0.340. The van der Waals surface area contributed by atoms with Gasteiger partial charge in [-0.15, -0.1) is 0 Å². The number of furan rings is 1. The summed E-state index contributed by atoms with van der Waals surface area (Å²) in [6.45, 7) is 4.50. The van der Waals surface area contributed by atoms with Gasteiger partial charge in [0.05, 0.1) is 39.2 Å². The second kappa shape index (κ2) is 14.4. The molecule has 1 aliphatic rings. The van der Waals surface area contributed by atoms with Crippen molar-refractivity contribution in [3.05, 3.63) is 95.7 Å². The summed E-state index contributed by atoms with van der Waals surface area (Å²) in [5, 5.41) is 0. The van der Waals surface area contributed by atoms with Gasteiger partial charge in [0.2, 0.25) is 11.8 Å². The molecule has 0 unspecified atom stereocenters. The normalized spacial score (nSPS) is 13.8. The lowest BCUT2D eigenvalue weighted by Crippen LogP contribution is -2.48. The Bertz CT molecular complexity index is 1120. The average molecular weight is 524 g/mol. The molecule has 0 spiro atoms. The number of nitrogens with zero attached hydrogens (tertiary/aromatic N) is 3. The fraction of sp³-hybridized carbons (Fsp3) is 0.379. The Kier molecular flexibility index (Phi) is 10.4. The van der Waals surface area contributed by atoms with Gasteiger partial charge in [-0.05, 0) is 35.4 Å². The van der Waals surface area contributed by atoms with E-state index in [1.54, 1.807) is 40.3 Å². The lowest BCUT2D eigenvalue weighted by Gasteiger charge is -2.31. The summed E-state index contributed by atoms with van der Waals surface area (Å²) < 4.78 is 30.0. The van der Waals surface area contributed by atoms with Gasteiger partial charge in [0.15, 0.2) is 0 Å². The summed E-state index contributed by atoms with van der Waals surface area (Å²) in [7, 11) is 0. The number of ether oxygens (including phenoxy) is 2. The topological polar surface area (TPSA) is 75.5 Å². The van der Waals surface area contributed by atoms with Gasteiger partial charge >= 0.3 is 0 Å². The van der Waals surface area contributed by atoms with Gasteiger partial charge in [0.1, 0.15) is 18.2 Å². The van der Waals surface area contributed by atoms with E-state index in [1.165, 1.54) is 12.1 Å². The number of carbonyl (C=O) groups is 2. The Morgan fingerprint density at radius 3 is 2.34 bits per heavy atom. The molecule has 202 valence electrons. The molecule has 0 N–H and O–H groups in total. The Morgan fingerprint density at radius 1 is 0.868 bits per heavy atom. The summed E-state index contributed by atoms with van der Waals surface area (Å²) in [5.74, 6) is -0.197. The van der Waals surface area contributed by atoms with Crippen LogP contribution in [0.3, 0.4) is 0 Å². The van der Waals surface area contributed by atoms with Crippen LogP contribution in [-0.4, -0.2) is 79.1 Å². The summed E-state index contributed by atoms with van der Waals surface area (Å²) in [6.07, 6.45) is 1.55. The second-order valence-corrected chi connectivity index (χ2v) is 9.20. The van der Waals surface area contributed by atoms with Crippen LogP contribution in [0.5, 0.6) is 0 Å². The van der Waals surface area contributed by atoms with Crippen molar-refractivity contribution in [3.8, 4) is 0 Å². The molecule has 0 bridgehead atoms. The minimum Gasteiger partial charge on any atom is -0.467 e. The molecule has 2 amide bonds. The van der Waals surface area contributed by atoms with Gasteiger partial charge in [-0.1, -0.05) is 42.5 Å². The number of benzene rings is 2. The first-order valence-electron chi connectivity index (χ1n) is 12.8. The van der Waals surface area contributed by atoms with E-state index in [1.807, 2.05) is 30.3 Å². The molecule has 0 atom stereocenters. The molecule has 4 rings (SSSR count). The summed E-state index contributed by atoms with van der Waals surface area (Å²) in [4.78, 5) is 32.1. The number of amides is 2. The van der Waals surface area contributed by atoms with Crippen LogP contribution in [0, 0.1) is 5.82 Å². The summed E-state index contributed by atoms with van der Waals surface area (Å²) in [5.41, 5.74) is 1.75. The average Bonchev–Trinajstić information content (AvgIpc) is 3.46. The van der Waals surface area contributed by atoms with E-state index in [-0.39, 0.29) is 43.9 Å². The highest BCUT2D eigenvalue weighted by Crippen LogP contribution is 2.13. The van der Waals surface area contributed by atoms with Crippen LogP contribution in [0.15, 0.2) is 77.4 Å². The predicted molar refractivity (Wildman–Crippen MR) is 139 cm³/mol. The van der Waals surface area contributed by atoms with E-state index in [9.17, 15) is 14.0 Å². The molecule has 0 radical (unpaired) electrons. The van der Waals surface area contributed by atoms with E-state index in [0.717, 1.165) is 24.2 Å². The number of carbonyl (C=O) groups excluding carboxylic acids is 2. The van der Waals surface area contributed by atoms with E-state index in [0.29, 0.717) is 38.7 Å². The zero-order valence-corrected chi connectivity index (χ0v) is 21.5. The highest BCUT2D eigenvalue weighted by Gasteiger charge is 2.24. The molecule has 9 heteroatoms. The van der Waals surface area contributed by atoms with Crippen LogP contribution < -0.4 is 0 Å². The molecule has 0 aliphatic carbocycles. The number of rotatable bonds is 13. The van der Waals surface area contributed by atoms with Crippen molar-refractivity contribution < 1.29 is 27.9 Å². The maximum atomic E-state index is 13.5. The molecule has 38 heavy (non-hydrogen) atoms. The first-order valence-corrected chi connectivity index (χ1v) is 12.8. The van der Waals surface area contributed by atoms with Gasteiger partial charge in [0.25, 0.3) is 0 Å². The molecule has 8 nitrogen and oxygen atoms in total. The maximum Gasteiger partial charge on any atom is 0.249 e. The van der Waals surface area contributed by atoms with Gasteiger partial charge in [-0.3, -0.25) is 14.5 Å². The van der Waals surface area contributed by atoms with Crippen LogP contribution in [0.25, 0.3) is 0 Å². The van der Waals surface area contributed by atoms with Gasteiger partial charge in [-0.2, -0.15) is 0 Å². The summed E-state index contributed by atoms with van der Waals surface area (Å²) in [6, 6.07) is 19.2. The Hall–Kier alpha value is -3.53. The zero-order chi connectivity index (χ0) is 26.6. The second-order valence-electron chi connectivity index (χ2n) is 9.20. The predicted octanol–water partition coefficient (Wildman–Crippen LogP) is 3.33. The van der Waals surface area contributed by atoms with Crippen molar-refractivity contribution in [1.29, 1.82) is 0 Å². The van der Waals surface area contributed by atoms with Gasteiger partial charge < -0.3 is 23.7 Å². The van der Waals surface area contributed by atoms with Crippen molar-refractivity contribution in [1.82, 2.24) is 14.7 Å². The third kappa shape index (κ3) is 8.79. The highest BCUT2D eigenvalue weighted by atomic mass is 19.1. The van der Waals surface area contributed by atoms with Gasteiger partial charge in [-0.25, -0.2) is 4.39 Å². The van der Waals surface area contributed by atoms with Crippen LogP contribution in [-0.2, 0) is 38.8 Å². The van der Waals surface area contributed by atoms with Crippen molar-refractivity contribution in [2.75, 3.05) is 52.5 Å². The highest BCUT2D eigenvalue weighted by molar-refractivity contribution is 5.85. The van der Waals surface area contributed by atoms with Crippen LogP contribution in [0.4, 0.5) is 4.39 Å². The third-order valence-corrected chi connectivity index (χ3v) is 6.37. The first-order chi connectivity index (χ1) is 18.6. The summed E-state index contributed by atoms with van der Waals surface area (Å²) >= 11 is 0. The molecule has 1 saturated heterocycles. The monoisotopic (exact) mass is 523 g/mol. The van der Waals surface area contributed by atoms with Crippen molar-refractivity contribution in [3.63, 3.8) is 0 Å². The van der Waals surface area contributed by atoms with E-state index >= 15 is 0 Å². The molecule has 1 fully saturated rings. The fourth-order valence-electron chi connectivity index (χ4n) is 4.20. The standard InChI is InChI=1S/C29H34FN3O5/c30-26-10-8-24(9-11-26)19-33(20-27-7-4-16-38-27)28(34)21-32(13-12-31-14-17-36-18-15-31)29(35)23-37-22-25-5-2-1-3-6-25/h1-11,16H,12-15,17-23H2. The number of morpholine rings is 1. The van der Waals surface area contributed by atoms with Crippen molar-refractivity contribution >= 4 is 11.8 Å². The SMILES string of the molecule is O=C(COCc1ccccc1)N(CCN1CCOCC1)CC(=O)N(Cc1ccc(F)cc1)Cc1ccco1. The van der Waals surface area contributed by atoms with Crippen LogP contribution in [0.1, 0.15) is 16.9 Å². The fourth-order valence-corrected chi connectivity index (χ4v) is 4.20. The molecular formula is C29H34FN3O5. The number of hydrogen-bond acceptors (Lipinski definition) is 6. The Balaban J connectivity index is 1.42. The first kappa shape index (κ1) is 27.5. The van der Waals surface area contributed by atoms with Crippen LogP contribution in [0.2, 0.25) is 0 Å². The Labute approximate surface area is 222 Å². The van der Waals surface area contributed by atoms with Crippen LogP contribution >= 0.6 is 0 Å². The minimum absolute atomic E-state index is 0.0974. The van der Waals surface area contributed by atoms with E-state index in [4.69, 9.17) is 13.9 Å². The molecule has 1 aromatic heterocycles. The van der Waals surface area contributed by atoms with Crippen molar-refractivity contribution in [2.45, 2.75) is 19.7 Å². The quantitative estimate of drug-likeness (QED) is 0.342. The maximum absolute atomic E-state index is 13.5. The zero-order valence-electron chi connectivity index (χ0n) is 21.5. The smallest absolute Gasteiger partial charge is 0.249 e.